The Kier molecular flexibility index (Phi) is 5.29. The summed E-state index contributed by atoms with van der Waals surface area (Å²) in [6, 6.07) is 16.6. The van der Waals surface area contributed by atoms with Gasteiger partial charge in [-0.3, -0.25) is 4.79 Å². The highest BCUT2D eigenvalue weighted by atomic mass is 32.2. The van der Waals surface area contributed by atoms with Gasteiger partial charge in [0, 0.05) is 12.0 Å². The summed E-state index contributed by atoms with van der Waals surface area (Å²) in [4.78, 5) is 13.0. The van der Waals surface area contributed by atoms with Gasteiger partial charge >= 0.3 is 0 Å². The molecule has 1 atom stereocenters. The molecule has 2 saturated carbocycles. The summed E-state index contributed by atoms with van der Waals surface area (Å²) in [7, 11) is 0. The zero-order chi connectivity index (χ0) is 20.5. The van der Waals surface area contributed by atoms with Gasteiger partial charge in [-0.25, -0.2) is 4.39 Å². The largest absolute Gasteiger partial charge is 0.352 e. The number of thioether (sulfide) groups is 1. The number of hydrogen-bond acceptors (Lipinski definition) is 4. The van der Waals surface area contributed by atoms with Gasteiger partial charge in [-0.1, -0.05) is 54.2 Å². The molecule has 2 fully saturated rings. The monoisotopic (exact) mass is 422 g/mol. The summed E-state index contributed by atoms with van der Waals surface area (Å²) in [5, 5.41) is 12.2. The maximum absolute atomic E-state index is 13.5. The first-order valence-electron chi connectivity index (χ1n) is 10.4. The van der Waals surface area contributed by atoms with E-state index in [4.69, 9.17) is 0 Å². The van der Waals surface area contributed by atoms with E-state index in [0.717, 1.165) is 42.2 Å². The predicted molar refractivity (Wildman–Crippen MR) is 114 cm³/mol. The Morgan fingerprint density at radius 3 is 2.47 bits per heavy atom. The molecule has 2 aromatic carbocycles. The van der Waals surface area contributed by atoms with Crippen LogP contribution in [0.1, 0.15) is 53.8 Å². The van der Waals surface area contributed by atoms with Crippen molar-refractivity contribution in [2.24, 2.45) is 0 Å². The molecule has 1 aromatic heterocycles. The van der Waals surface area contributed by atoms with E-state index in [2.05, 4.69) is 32.2 Å². The van der Waals surface area contributed by atoms with Crippen LogP contribution in [-0.4, -0.2) is 26.7 Å². The minimum Gasteiger partial charge on any atom is -0.352 e. The first-order chi connectivity index (χ1) is 14.7. The molecule has 0 radical (unpaired) electrons. The van der Waals surface area contributed by atoms with Crippen molar-refractivity contribution in [2.75, 3.05) is 0 Å². The van der Waals surface area contributed by atoms with Crippen molar-refractivity contribution in [3.8, 4) is 0 Å². The SMILES string of the molecule is O=C(NC1CC1)C(Sc1nnc(C2CC2)n1Cc1ccccc1)c1ccc(F)cc1. The Morgan fingerprint density at radius 1 is 1.07 bits per heavy atom. The van der Waals surface area contributed by atoms with E-state index < -0.39 is 5.25 Å². The van der Waals surface area contributed by atoms with Crippen LogP contribution in [-0.2, 0) is 11.3 Å². The molecule has 0 aliphatic heterocycles. The summed E-state index contributed by atoms with van der Waals surface area (Å²) >= 11 is 1.39. The average Bonchev–Trinajstić information content (AvgIpc) is 3.69. The molecule has 0 spiro atoms. The number of halogens is 1. The standard InChI is InChI=1S/C23H23FN4OS/c24-18-10-8-16(9-11-18)20(22(29)25-19-12-13-19)30-23-27-26-21(17-6-7-17)28(23)14-15-4-2-1-3-5-15/h1-5,8-11,17,19-20H,6-7,12-14H2,(H,25,29). The lowest BCUT2D eigenvalue weighted by molar-refractivity contribution is -0.120. The Balaban J connectivity index is 1.46. The maximum atomic E-state index is 13.5. The molecule has 30 heavy (non-hydrogen) atoms. The number of nitrogens with zero attached hydrogens (tertiary/aromatic N) is 3. The smallest absolute Gasteiger partial charge is 0.238 e. The maximum Gasteiger partial charge on any atom is 0.238 e. The van der Waals surface area contributed by atoms with Gasteiger partial charge in [-0.15, -0.1) is 10.2 Å². The Hall–Kier alpha value is -2.67. The second-order valence-corrected chi connectivity index (χ2v) is 9.09. The van der Waals surface area contributed by atoms with E-state index >= 15 is 0 Å². The normalized spacial score (nSPS) is 17.0. The Morgan fingerprint density at radius 2 is 1.80 bits per heavy atom. The number of carbonyl (C=O) groups excluding carboxylic acids is 1. The van der Waals surface area contributed by atoms with Crippen LogP contribution in [0.4, 0.5) is 4.39 Å². The van der Waals surface area contributed by atoms with E-state index in [1.165, 1.54) is 29.5 Å². The zero-order valence-electron chi connectivity index (χ0n) is 16.5. The van der Waals surface area contributed by atoms with Gasteiger partial charge in [0.25, 0.3) is 0 Å². The van der Waals surface area contributed by atoms with Crippen molar-refractivity contribution in [3.63, 3.8) is 0 Å². The van der Waals surface area contributed by atoms with Crippen molar-refractivity contribution in [3.05, 3.63) is 77.4 Å². The molecule has 5 nitrogen and oxygen atoms in total. The fourth-order valence-electron chi connectivity index (χ4n) is 3.47. The zero-order valence-corrected chi connectivity index (χ0v) is 17.3. The molecule has 1 heterocycles. The van der Waals surface area contributed by atoms with Gasteiger partial charge in [-0.2, -0.15) is 0 Å². The van der Waals surface area contributed by atoms with E-state index in [-0.39, 0.29) is 17.8 Å². The summed E-state index contributed by atoms with van der Waals surface area (Å²) in [6.45, 7) is 0.669. The van der Waals surface area contributed by atoms with Crippen LogP contribution in [0.25, 0.3) is 0 Å². The van der Waals surface area contributed by atoms with Gasteiger partial charge in [0.2, 0.25) is 5.91 Å². The molecule has 5 rings (SSSR count). The molecule has 2 aliphatic carbocycles. The van der Waals surface area contributed by atoms with Gasteiger partial charge in [-0.05, 0) is 48.9 Å². The molecule has 0 saturated heterocycles. The lowest BCUT2D eigenvalue weighted by Crippen LogP contribution is -2.30. The van der Waals surface area contributed by atoms with E-state index in [0.29, 0.717) is 12.5 Å². The topological polar surface area (TPSA) is 59.8 Å². The minimum absolute atomic E-state index is 0.0589. The van der Waals surface area contributed by atoms with Crippen LogP contribution in [0.2, 0.25) is 0 Å². The fraction of sp³-hybridized carbons (Fsp3) is 0.348. The van der Waals surface area contributed by atoms with Crippen molar-refractivity contribution in [2.45, 2.75) is 54.6 Å². The Bertz CT molecular complexity index is 1030. The molecular weight excluding hydrogens is 399 g/mol. The number of benzene rings is 2. The molecule has 1 unspecified atom stereocenters. The van der Waals surface area contributed by atoms with E-state index in [1.807, 2.05) is 18.2 Å². The summed E-state index contributed by atoms with van der Waals surface area (Å²) in [5.74, 6) is 1.06. The molecule has 0 bridgehead atoms. The number of amides is 1. The second kappa shape index (κ2) is 8.22. The first kappa shape index (κ1) is 19.3. The van der Waals surface area contributed by atoms with Crippen molar-refractivity contribution < 1.29 is 9.18 Å². The van der Waals surface area contributed by atoms with Gasteiger partial charge in [0.1, 0.15) is 16.9 Å². The lowest BCUT2D eigenvalue weighted by atomic mass is 10.1. The van der Waals surface area contributed by atoms with Crippen molar-refractivity contribution >= 4 is 17.7 Å². The van der Waals surface area contributed by atoms with Crippen LogP contribution in [0.15, 0.2) is 59.8 Å². The van der Waals surface area contributed by atoms with E-state index in [9.17, 15) is 9.18 Å². The molecule has 1 N–H and O–H groups in total. The molecule has 1 amide bonds. The third-order valence-electron chi connectivity index (χ3n) is 5.43. The summed E-state index contributed by atoms with van der Waals surface area (Å²) in [6.07, 6.45) is 4.29. The highest BCUT2D eigenvalue weighted by Crippen LogP contribution is 2.42. The van der Waals surface area contributed by atoms with Gasteiger partial charge in [0.05, 0.1) is 6.54 Å². The number of hydrogen-bond donors (Lipinski definition) is 1. The highest BCUT2D eigenvalue weighted by Gasteiger charge is 2.33. The Labute approximate surface area is 179 Å². The quantitative estimate of drug-likeness (QED) is 0.545. The molecule has 7 heteroatoms. The fourth-order valence-corrected chi connectivity index (χ4v) is 4.52. The number of nitrogens with one attached hydrogen (secondary N) is 1. The first-order valence-corrected chi connectivity index (χ1v) is 11.2. The van der Waals surface area contributed by atoms with Crippen LogP contribution in [0, 0.1) is 5.82 Å². The molecular formula is C23H23FN4OS. The lowest BCUT2D eigenvalue weighted by Gasteiger charge is -2.17. The summed E-state index contributed by atoms with van der Waals surface area (Å²) in [5.41, 5.74) is 1.93. The molecule has 3 aromatic rings. The van der Waals surface area contributed by atoms with Crippen molar-refractivity contribution in [1.82, 2.24) is 20.1 Å². The molecule has 154 valence electrons. The number of aromatic nitrogens is 3. The molecule has 2 aliphatic rings. The van der Waals surface area contributed by atoms with Crippen LogP contribution < -0.4 is 5.32 Å². The minimum atomic E-state index is -0.503. The van der Waals surface area contributed by atoms with Crippen LogP contribution in [0.5, 0.6) is 0 Å². The third-order valence-corrected chi connectivity index (χ3v) is 6.66. The van der Waals surface area contributed by atoms with Crippen molar-refractivity contribution in [1.29, 1.82) is 0 Å². The van der Waals surface area contributed by atoms with Gasteiger partial charge in [0.15, 0.2) is 5.16 Å². The van der Waals surface area contributed by atoms with Crippen LogP contribution >= 0.6 is 11.8 Å². The average molecular weight is 423 g/mol. The third kappa shape index (κ3) is 4.41. The van der Waals surface area contributed by atoms with Crippen LogP contribution in [0.3, 0.4) is 0 Å². The summed E-state index contributed by atoms with van der Waals surface area (Å²) < 4.78 is 15.6. The predicted octanol–water partition coefficient (Wildman–Crippen LogP) is 4.45. The van der Waals surface area contributed by atoms with Gasteiger partial charge < -0.3 is 9.88 Å². The highest BCUT2D eigenvalue weighted by molar-refractivity contribution is 8.00. The van der Waals surface area contributed by atoms with E-state index in [1.54, 1.807) is 12.1 Å². The number of carbonyl (C=O) groups is 1. The second-order valence-electron chi connectivity index (χ2n) is 8.02. The number of rotatable bonds is 8.